The highest BCUT2D eigenvalue weighted by Crippen LogP contribution is 2.19. The van der Waals surface area contributed by atoms with Crippen LogP contribution in [0, 0.1) is 17.6 Å². The molecule has 1 fully saturated rings. The maximum absolute atomic E-state index is 13.8. The Balaban J connectivity index is 2.08. The van der Waals surface area contributed by atoms with Crippen LogP contribution in [-0.2, 0) is 6.54 Å². The van der Waals surface area contributed by atoms with Crippen molar-refractivity contribution in [2.24, 2.45) is 5.92 Å². The average molecular weight is 282 g/mol. The van der Waals surface area contributed by atoms with Gasteiger partial charge in [-0.15, -0.1) is 0 Å². The molecule has 1 saturated heterocycles. The van der Waals surface area contributed by atoms with Gasteiger partial charge in [0.2, 0.25) is 0 Å². The summed E-state index contributed by atoms with van der Waals surface area (Å²) >= 11 is 0. The molecule has 0 saturated carbocycles. The molecule has 2 rings (SSSR count). The van der Waals surface area contributed by atoms with Crippen LogP contribution in [0.25, 0.3) is 0 Å². The summed E-state index contributed by atoms with van der Waals surface area (Å²) in [6, 6.07) is 4.44. The number of rotatable bonds is 4. The van der Waals surface area contributed by atoms with E-state index in [0.717, 1.165) is 19.5 Å². The van der Waals surface area contributed by atoms with Crippen molar-refractivity contribution < 1.29 is 8.78 Å². The lowest BCUT2D eigenvalue weighted by molar-refractivity contribution is 0.110. The van der Waals surface area contributed by atoms with E-state index in [0.29, 0.717) is 30.1 Å². The number of piperazine rings is 1. The van der Waals surface area contributed by atoms with Gasteiger partial charge in [0.1, 0.15) is 11.6 Å². The van der Waals surface area contributed by atoms with Crippen LogP contribution < -0.4 is 5.32 Å². The van der Waals surface area contributed by atoms with Gasteiger partial charge in [-0.2, -0.15) is 0 Å². The summed E-state index contributed by atoms with van der Waals surface area (Å²) < 4.78 is 27.0. The van der Waals surface area contributed by atoms with E-state index in [1.807, 2.05) is 0 Å². The second-order valence-electron chi connectivity index (χ2n) is 5.91. The van der Waals surface area contributed by atoms with Crippen LogP contribution in [0.3, 0.4) is 0 Å². The minimum absolute atomic E-state index is 0.322. The lowest BCUT2D eigenvalue weighted by Gasteiger charge is -2.41. The number of halogens is 2. The molecule has 0 spiro atoms. The molecular formula is C16H24F2N2. The van der Waals surface area contributed by atoms with Gasteiger partial charge in [-0.3, -0.25) is 4.90 Å². The number of hydrogen-bond acceptors (Lipinski definition) is 2. The number of nitrogens with zero attached hydrogens (tertiary/aromatic N) is 1. The van der Waals surface area contributed by atoms with Crippen LogP contribution in [0.5, 0.6) is 0 Å². The Labute approximate surface area is 120 Å². The molecule has 3 atom stereocenters. The molecule has 0 aliphatic carbocycles. The monoisotopic (exact) mass is 282 g/mol. The molecule has 20 heavy (non-hydrogen) atoms. The van der Waals surface area contributed by atoms with Crippen LogP contribution in [0.4, 0.5) is 8.78 Å². The summed E-state index contributed by atoms with van der Waals surface area (Å²) in [6.07, 6.45) is 1.12. The second-order valence-corrected chi connectivity index (χ2v) is 5.91. The fraction of sp³-hybridized carbons (Fsp3) is 0.625. The van der Waals surface area contributed by atoms with Crippen molar-refractivity contribution in [3.63, 3.8) is 0 Å². The smallest absolute Gasteiger partial charge is 0.127 e. The Morgan fingerprint density at radius 1 is 1.40 bits per heavy atom. The molecule has 1 heterocycles. The normalized spacial score (nSPS) is 25.6. The summed E-state index contributed by atoms with van der Waals surface area (Å²) in [6.45, 7) is 8.78. The molecule has 1 aliphatic rings. The van der Waals surface area contributed by atoms with Crippen molar-refractivity contribution in [2.45, 2.75) is 45.8 Å². The predicted octanol–water partition coefficient (Wildman–Crippen LogP) is 3.17. The molecule has 3 unspecified atom stereocenters. The first-order valence-electron chi connectivity index (χ1n) is 7.42. The molecule has 0 radical (unpaired) electrons. The fourth-order valence-electron chi connectivity index (χ4n) is 2.72. The van der Waals surface area contributed by atoms with E-state index in [1.54, 1.807) is 0 Å². The molecule has 1 aromatic rings. The van der Waals surface area contributed by atoms with Gasteiger partial charge >= 0.3 is 0 Å². The van der Waals surface area contributed by atoms with E-state index in [2.05, 4.69) is 31.0 Å². The van der Waals surface area contributed by atoms with Crippen molar-refractivity contribution in [1.82, 2.24) is 10.2 Å². The van der Waals surface area contributed by atoms with E-state index in [-0.39, 0.29) is 11.6 Å². The van der Waals surface area contributed by atoms with Crippen LogP contribution in [0.1, 0.15) is 32.8 Å². The topological polar surface area (TPSA) is 15.3 Å². The quantitative estimate of drug-likeness (QED) is 0.912. The lowest BCUT2D eigenvalue weighted by Crippen LogP contribution is -2.57. The minimum atomic E-state index is -0.373. The van der Waals surface area contributed by atoms with Crippen molar-refractivity contribution in [3.05, 3.63) is 35.4 Å². The Morgan fingerprint density at radius 3 is 2.85 bits per heavy atom. The van der Waals surface area contributed by atoms with Crippen LogP contribution in [0.15, 0.2) is 18.2 Å². The van der Waals surface area contributed by atoms with E-state index in [9.17, 15) is 8.78 Å². The maximum atomic E-state index is 13.8. The predicted molar refractivity (Wildman–Crippen MR) is 77.5 cm³/mol. The van der Waals surface area contributed by atoms with Crippen molar-refractivity contribution in [3.8, 4) is 0 Å². The number of hydrogen-bond donors (Lipinski definition) is 1. The zero-order valence-electron chi connectivity index (χ0n) is 12.5. The molecule has 1 N–H and O–H groups in total. The van der Waals surface area contributed by atoms with E-state index in [4.69, 9.17) is 0 Å². The van der Waals surface area contributed by atoms with E-state index < -0.39 is 0 Å². The Bertz CT molecular complexity index is 450. The Kier molecular flexibility index (Phi) is 5.11. The zero-order valence-corrected chi connectivity index (χ0v) is 12.5. The molecule has 1 aliphatic heterocycles. The fourth-order valence-corrected chi connectivity index (χ4v) is 2.72. The first-order valence-corrected chi connectivity index (χ1v) is 7.42. The SMILES string of the molecule is CCC(C)C1CN(Cc2cc(F)ccc2F)C(C)CN1. The lowest BCUT2D eigenvalue weighted by atomic mass is 9.95. The number of nitrogens with one attached hydrogen (secondary N) is 1. The van der Waals surface area contributed by atoms with Gasteiger partial charge in [0.05, 0.1) is 0 Å². The standard InChI is InChI=1S/C16H24F2N2/c1-4-11(2)16-10-20(12(3)8-19-16)9-13-7-14(17)5-6-15(13)18/h5-7,11-12,16,19H,4,8-10H2,1-3H3. The summed E-state index contributed by atoms with van der Waals surface area (Å²) in [7, 11) is 0. The third-order valence-corrected chi connectivity index (χ3v) is 4.44. The highest BCUT2D eigenvalue weighted by Gasteiger charge is 2.28. The van der Waals surface area contributed by atoms with Gasteiger partial charge in [-0.1, -0.05) is 20.3 Å². The van der Waals surface area contributed by atoms with Gasteiger partial charge in [-0.05, 0) is 31.0 Å². The largest absolute Gasteiger partial charge is 0.311 e. The van der Waals surface area contributed by atoms with Crippen molar-refractivity contribution in [1.29, 1.82) is 0 Å². The summed E-state index contributed by atoms with van der Waals surface area (Å²) in [5.74, 6) is -0.109. The number of benzene rings is 1. The van der Waals surface area contributed by atoms with Crippen LogP contribution in [0.2, 0.25) is 0 Å². The summed E-state index contributed by atoms with van der Waals surface area (Å²) in [5.41, 5.74) is 0.446. The van der Waals surface area contributed by atoms with Gasteiger partial charge in [0, 0.05) is 37.3 Å². The van der Waals surface area contributed by atoms with Crippen molar-refractivity contribution >= 4 is 0 Å². The molecule has 1 aromatic carbocycles. The van der Waals surface area contributed by atoms with Crippen LogP contribution in [-0.4, -0.2) is 30.1 Å². The van der Waals surface area contributed by atoms with E-state index in [1.165, 1.54) is 18.2 Å². The first-order chi connectivity index (χ1) is 9.51. The summed E-state index contributed by atoms with van der Waals surface area (Å²) in [4.78, 5) is 2.24. The third kappa shape index (κ3) is 3.55. The minimum Gasteiger partial charge on any atom is -0.311 e. The molecule has 0 aromatic heterocycles. The average Bonchev–Trinajstić information content (AvgIpc) is 2.44. The van der Waals surface area contributed by atoms with Crippen LogP contribution >= 0.6 is 0 Å². The Morgan fingerprint density at radius 2 is 2.15 bits per heavy atom. The van der Waals surface area contributed by atoms with Gasteiger partial charge in [0.15, 0.2) is 0 Å². The van der Waals surface area contributed by atoms with E-state index >= 15 is 0 Å². The van der Waals surface area contributed by atoms with Gasteiger partial charge < -0.3 is 5.32 Å². The highest BCUT2D eigenvalue weighted by molar-refractivity contribution is 5.19. The zero-order chi connectivity index (χ0) is 14.7. The molecule has 112 valence electrons. The molecule has 0 amide bonds. The Hall–Kier alpha value is -1.00. The third-order valence-electron chi connectivity index (χ3n) is 4.44. The molecular weight excluding hydrogens is 258 g/mol. The second kappa shape index (κ2) is 6.64. The summed E-state index contributed by atoms with van der Waals surface area (Å²) in [5, 5.41) is 3.55. The molecule has 4 heteroatoms. The van der Waals surface area contributed by atoms with Gasteiger partial charge in [-0.25, -0.2) is 8.78 Å². The first kappa shape index (κ1) is 15.4. The molecule has 2 nitrogen and oxygen atoms in total. The van der Waals surface area contributed by atoms with Crippen molar-refractivity contribution in [2.75, 3.05) is 13.1 Å². The van der Waals surface area contributed by atoms with Gasteiger partial charge in [0.25, 0.3) is 0 Å². The maximum Gasteiger partial charge on any atom is 0.127 e. The molecule has 0 bridgehead atoms. The highest BCUT2D eigenvalue weighted by atomic mass is 19.1.